The lowest BCUT2D eigenvalue weighted by atomic mass is 9.91. The largest absolute Gasteiger partial charge is 0.342 e. The third kappa shape index (κ3) is 3.20. The molecule has 1 aromatic rings. The molecular weight excluding hydrogens is 268 g/mol. The molecule has 6 nitrogen and oxygen atoms in total. The van der Waals surface area contributed by atoms with Crippen LogP contribution in [0.2, 0.25) is 0 Å². The fourth-order valence-electron chi connectivity index (χ4n) is 2.69. The molecule has 1 saturated heterocycles. The van der Waals surface area contributed by atoms with Gasteiger partial charge in [0, 0.05) is 19.2 Å². The SMILES string of the molecule is CCC1(CC)NC(=O)CCN(Cc2ccnc(C)n2)C1=O. The Balaban J connectivity index is 2.25. The Kier molecular flexibility index (Phi) is 4.55. The maximum absolute atomic E-state index is 12.8. The monoisotopic (exact) mass is 290 g/mol. The van der Waals surface area contributed by atoms with E-state index in [9.17, 15) is 9.59 Å². The summed E-state index contributed by atoms with van der Waals surface area (Å²) < 4.78 is 0. The van der Waals surface area contributed by atoms with Gasteiger partial charge in [-0.1, -0.05) is 13.8 Å². The highest BCUT2D eigenvalue weighted by molar-refractivity contribution is 5.93. The Bertz CT molecular complexity index is 540. The molecule has 6 heteroatoms. The highest BCUT2D eigenvalue weighted by Crippen LogP contribution is 2.22. The number of hydrogen-bond donors (Lipinski definition) is 1. The summed E-state index contributed by atoms with van der Waals surface area (Å²) >= 11 is 0. The summed E-state index contributed by atoms with van der Waals surface area (Å²) in [5, 5.41) is 2.91. The van der Waals surface area contributed by atoms with Crippen molar-refractivity contribution in [2.75, 3.05) is 6.54 Å². The van der Waals surface area contributed by atoms with Gasteiger partial charge >= 0.3 is 0 Å². The van der Waals surface area contributed by atoms with Gasteiger partial charge in [-0.3, -0.25) is 9.59 Å². The molecule has 0 aliphatic carbocycles. The molecule has 1 aliphatic heterocycles. The van der Waals surface area contributed by atoms with Gasteiger partial charge in [-0.2, -0.15) is 0 Å². The van der Waals surface area contributed by atoms with Crippen LogP contribution in [0.15, 0.2) is 12.3 Å². The third-order valence-corrected chi connectivity index (χ3v) is 4.08. The van der Waals surface area contributed by atoms with Gasteiger partial charge in [0.1, 0.15) is 11.4 Å². The van der Waals surface area contributed by atoms with Crippen LogP contribution in [-0.4, -0.2) is 38.8 Å². The zero-order valence-electron chi connectivity index (χ0n) is 12.8. The van der Waals surface area contributed by atoms with E-state index in [0.29, 0.717) is 38.2 Å². The number of carbonyl (C=O) groups excluding carboxylic acids is 2. The molecular formula is C15H22N4O2. The Hall–Kier alpha value is -1.98. The van der Waals surface area contributed by atoms with Gasteiger partial charge in [-0.25, -0.2) is 9.97 Å². The number of aromatic nitrogens is 2. The van der Waals surface area contributed by atoms with Crippen LogP contribution in [0.3, 0.4) is 0 Å². The van der Waals surface area contributed by atoms with Crippen LogP contribution in [0, 0.1) is 6.92 Å². The van der Waals surface area contributed by atoms with E-state index in [1.54, 1.807) is 17.2 Å². The normalized spacial score (nSPS) is 18.3. The van der Waals surface area contributed by atoms with Gasteiger partial charge in [-0.15, -0.1) is 0 Å². The molecule has 2 amide bonds. The number of nitrogens with one attached hydrogen (secondary N) is 1. The maximum atomic E-state index is 12.8. The molecule has 0 saturated carbocycles. The Labute approximate surface area is 125 Å². The van der Waals surface area contributed by atoms with Crippen LogP contribution in [-0.2, 0) is 16.1 Å². The van der Waals surface area contributed by atoms with Crippen molar-refractivity contribution in [1.82, 2.24) is 20.2 Å². The van der Waals surface area contributed by atoms with E-state index in [1.165, 1.54) is 0 Å². The average Bonchev–Trinajstić information content (AvgIpc) is 2.59. The first-order valence-electron chi connectivity index (χ1n) is 7.39. The smallest absolute Gasteiger partial charge is 0.248 e. The molecule has 1 N–H and O–H groups in total. The number of amides is 2. The van der Waals surface area contributed by atoms with Crippen LogP contribution in [0.1, 0.15) is 44.6 Å². The molecule has 0 atom stereocenters. The second-order valence-corrected chi connectivity index (χ2v) is 5.41. The molecule has 0 radical (unpaired) electrons. The number of aryl methyl sites for hydroxylation is 1. The van der Waals surface area contributed by atoms with Crippen molar-refractivity contribution in [2.45, 2.75) is 52.1 Å². The summed E-state index contributed by atoms with van der Waals surface area (Å²) in [7, 11) is 0. The number of nitrogens with zero attached hydrogens (tertiary/aromatic N) is 3. The van der Waals surface area contributed by atoms with Gasteiger partial charge in [0.05, 0.1) is 12.2 Å². The summed E-state index contributed by atoms with van der Waals surface area (Å²) in [5.74, 6) is 0.601. The van der Waals surface area contributed by atoms with Gasteiger partial charge in [-0.05, 0) is 25.8 Å². The van der Waals surface area contributed by atoms with E-state index in [4.69, 9.17) is 0 Å². The number of hydrogen-bond acceptors (Lipinski definition) is 4. The van der Waals surface area contributed by atoms with Crippen molar-refractivity contribution < 1.29 is 9.59 Å². The third-order valence-electron chi connectivity index (χ3n) is 4.08. The van der Waals surface area contributed by atoms with Gasteiger partial charge in [0.2, 0.25) is 11.8 Å². The molecule has 0 unspecified atom stereocenters. The van der Waals surface area contributed by atoms with Gasteiger partial charge < -0.3 is 10.2 Å². The van der Waals surface area contributed by atoms with Crippen LogP contribution >= 0.6 is 0 Å². The first-order chi connectivity index (χ1) is 10.0. The average molecular weight is 290 g/mol. The van der Waals surface area contributed by atoms with Crippen molar-refractivity contribution >= 4 is 11.8 Å². The van der Waals surface area contributed by atoms with Crippen molar-refractivity contribution in [1.29, 1.82) is 0 Å². The lowest BCUT2D eigenvalue weighted by Gasteiger charge is -2.33. The molecule has 1 aromatic heterocycles. The summed E-state index contributed by atoms with van der Waals surface area (Å²) in [5.41, 5.74) is 0.0154. The van der Waals surface area contributed by atoms with E-state index in [0.717, 1.165) is 5.69 Å². The van der Waals surface area contributed by atoms with Crippen LogP contribution < -0.4 is 5.32 Å². The zero-order chi connectivity index (χ0) is 15.5. The van der Waals surface area contributed by atoms with Gasteiger partial charge in [0.15, 0.2) is 0 Å². The maximum Gasteiger partial charge on any atom is 0.248 e. The Morgan fingerprint density at radius 3 is 2.67 bits per heavy atom. The first-order valence-corrected chi connectivity index (χ1v) is 7.39. The Morgan fingerprint density at radius 1 is 1.33 bits per heavy atom. The van der Waals surface area contributed by atoms with Gasteiger partial charge in [0.25, 0.3) is 0 Å². The highest BCUT2D eigenvalue weighted by Gasteiger charge is 2.41. The Morgan fingerprint density at radius 2 is 2.05 bits per heavy atom. The fourth-order valence-corrected chi connectivity index (χ4v) is 2.69. The van der Waals surface area contributed by atoms with Crippen LogP contribution in [0.25, 0.3) is 0 Å². The summed E-state index contributed by atoms with van der Waals surface area (Å²) in [6.45, 7) is 6.52. The number of rotatable bonds is 4. The molecule has 2 rings (SSSR count). The molecule has 1 fully saturated rings. The van der Waals surface area contributed by atoms with Crippen LogP contribution in [0.4, 0.5) is 0 Å². The first kappa shape index (κ1) is 15.4. The van der Waals surface area contributed by atoms with Crippen molar-refractivity contribution in [3.05, 3.63) is 23.8 Å². The fraction of sp³-hybridized carbons (Fsp3) is 0.600. The topological polar surface area (TPSA) is 75.2 Å². The molecule has 0 bridgehead atoms. The zero-order valence-corrected chi connectivity index (χ0v) is 12.8. The predicted molar refractivity (Wildman–Crippen MR) is 78.3 cm³/mol. The second kappa shape index (κ2) is 6.20. The predicted octanol–water partition coefficient (Wildman–Crippen LogP) is 1.19. The molecule has 1 aliphatic rings. The molecule has 114 valence electrons. The van der Waals surface area contributed by atoms with Crippen molar-refractivity contribution in [2.24, 2.45) is 0 Å². The highest BCUT2D eigenvalue weighted by atomic mass is 16.2. The van der Waals surface area contributed by atoms with E-state index < -0.39 is 5.54 Å². The minimum absolute atomic E-state index is 0.0189. The van der Waals surface area contributed by atoms with E-state index in [1.807, 2.05) is 20.8 Å². The number of carbonyl (C=O) groups is 2. The molecule has 21 heavy (non-hydrogen) atoms. The summed E-state index contributed by atoms with van der Waals surface area (Å²) in [6.07, 6.45) is 3.20. The van der Waals surface area contributed by atoms with Crippen molar-refractivity contribution in [3.8, 4) is 0 Å². The lowest BCUT2D eigenvalue weighted by molar-refractivity contribution is -0.139. The molecule has 0 spiro atoms. The van der Waals surface area contributed by atoms with Crippen LogP contribution in [0.5, 0.6) is 0 Å². The summed E-state index contributed by atoms with van der Waals surface area (Å²) in [6, 6.07) is 1.81. The van der Waals surface area contributed by atoms with E-state index in [2.05, 4.69) is 15.3 Å². The standard InChI is InChI=1S/C15H22N4O2/c1-4-15(5-2)14(21)19(9-7-13(20)18-15)10-12-6-8-16-11(3)17-12/h6,8H,4-5,7,9-10H2,1-3H3,(H,18,20). The van der Waals surface area contributed by atoms with Crippen molar-refractivity contribution in [3.63, 3.8) is 0 Å². The second-order valence-electron chi connectivity index (χ2n) is 5.41. The van der Waals surface area contributed by atoms with E-state index >= 15 is 0 Å². The quantitative estimate of drug-likeness (QED) is 0.904. The molecule has 0 aromatic carbocycles. The minimum Gasteiger partial charge on any atom is -0.342 e. The molecule has 2 heterocycles. The lowest BCUT2D eigenvalue weighted by Crippen LogP contribution is -2.56. The minimum atomic E-state index is -0.782. The van der Waals surface area contributed by atoms with E-state index in [-0.39, 0.29) is 11.8 Å². The summed E-state index contributed by atoms with van der Waals surface area (Å²) in [4.78, 5) is 34.9.